The molecule has 0 spiro atoms. The van der Waals surface area contributed by atoms with Crippen LogP contribution in [0, 0.1) is 11.8 Å². The van der Waals surface area contributed by atoms with E-state index in [9.17, 15) is 14.4 Å². The Hall–Kier alpha value is -1.65. The molecule has 5 nitrogen and oxygen atoms in total. The van der Waals surface area contributed by atoms with E-state index in [1.165, 1.54) is 30.6 Å². The van der Waals surface area contributed by atoms with Crippen LogP contribution in [-0.2, 0) is 14.4 Å². The van der Waals surface area contributed by atoms with Crippen LogP contribution in [0.25, 0.3) is 0 Å². The fourth-order valence-electron chi connectivity index (χ4n) is 4.03. The van der Waals surface area contributed by atoms with Crippen molar-refractivity contribution in [3.63, 3.8) is 0 Å². The van der Waals surface area contributed by atoms with E-state index in [0.717, 1.165) is 12.8 Å². The molecule has 1 saturated heterocycles. The van der Waals surface area contributed by atoms with Crippen LogP contribution < -0.4 is 5.32 Å². The highest BCUT2D eigenvalue weighted by Crippen LogP contribution is 2.34. The number of nitrogens with one attached hydrogen (secondary N) is 1. The molecule has 1 heterocycles. The molecule has 3 amide bonds. The highest BCUT2D eigenvalue weighted by Gasteiger charge is 2.46. The molecular weight excluding hydrogens is 292 g/mol. The van der Waals surface area contributed by atoms with E-state index in [0.29, 0.717) is 12.8 Å². The molecular formula is C18H26N2O3. The standard InChI is InChI=1S/C18H26N2O3/c21-16(19-13-7-3-1-2-4-8-13)11-12-20-17(22)14-9-5-6-10-15(14)18(20)23/h5-6,13-15H,1-4,7-12H2,(H,19,21)/t14-,15-/m0/s1. The van der Waals surface area contributed by atoms with E-state index in [4.69, 9.17) is 0 Å². The minimum Gasteiger partial charge on any atom is -0.353 e. The normalized spacial score (nSPS) is 28.6. The lowest BCUT2D eigenvalue weighted by Crippen LogP contribution is -2.38. The van der Waals surface area contributed by atoms with Gasteiger partial charge in [0.15, 0.2) is 0 Å². The minimum absolute atomic E-state index is 0.0366. The maximum Gasteiger partial charge on any atom is 0.233 e. The zero-order chi connectivity index (χ0) is 16.2. The second kappa shape index (κ2) is 7.28. The van der Waals surface area contributed by atoms with Gasteiger partial charge in [0.1, 0.15) is 0 Å². The summed E-state index contributed by atoms with van der Waals surface area (Å²) in [5, 5.41) is 3.07. The number of amides is 3. The summed E-state index contributed by atoms with van der Waals surface area (Å²) in [6.45, 7) is 0.225. The molecule has 0 radical (unpaired) electrons. The van der Waals surface area contributed by atoms with E-state index in [-0.39, 0.29) is 48.6 Å². The summed E-state index contributed by atoms with van der Waals surface area (Å²) in [5.41, 5.74) is 0. The van der Waals surface area contributed by atoms with Crippen molar-refractivity contribution in [3.05, 3.63) is 12.2 Å². The molecule has 1 aliphatic heterocycles. The van der Waals surface area contributed by atoms with Crippen LogP contribution in [0.1, 0.15) is 57.8 Å². The lowest BCUT2D eigenvalue weighted by molar-refractivity contribution is -0.140. The summed E-state index contributed by atoms with van der Waals surface area (Å²) >= 11 is 0. The van der Waals surface area contributed by atoms with E-state index >= 15 is 0 Å². The van der Waals surface area contributed by atoms with Gasteiger partial charge in [-0.15, -0.1) is 0 Å². The number of fused-ring (bicyclic) bond motifs is 1. The molecule has 3 rings (SSSR count). The Labute approximate surface area is 137 Å². The largest absolute Gasteiger partial charge is 0.353 e. The van der Waals surface area contributed by atoms with Crippen molar-refractivity contribution in [2.24, 2.45) is 11.8 Å². The monoisotopic (exact) mass is 318 g/mol. The molecule has 5 heteroatoms. The first-order valence-electron chi connectivity index (χ1n) is 8.96. The summed E-state index contributed by atoms with van der Waals surface area (Å²) < 4.78 is 0. The smallest absolute Gasteiger partial charge is 0.233 e. The van der Waals surface area contributed by atoms with Crippen LogP contribution >= 0.6 is 0 Å². The lowest BCUT2D eigenvalue weighted by Gasteiger charge is -2.18. The van der Waals surface area contributed by atoms with Gasteiger partial charge in [0.05, 0.1) is 11.8 Å². The Morgan fingerprint density at radius 1 is 1.00 bits per heavy atom. The lowest BCUT2D eigenvalue weighted by atomic mass is 9.85. The van der Waals surface area contributed by atoms with Crippen LogP contribution in [-0.4, -0.2) is 35.2 Å². The molecule has 2 fully saturated rings. The Bertz CT molecular complexity index is 480. The molecule has 2 atom stereocenters. The number of carbonyl (C=O) groups excluding carboxylic acids is 3. The highest BCUT2D eigenvalue weighted by molar-refractivity contribution is 6.05. The molecule has 3 aliphatic rings. The molecule has 2 aliphatic carbocycles. The third kappa shape index (κ3) is 3.65. The first-order chi connectivity index (χ1) is 11.2. The van der Waals surface area contributed by atoms with Crippen molar-refractivity contribution >= 4 is 17.7 Å². The summed E-state index contributed by atoms with van der Waals surface area (Å²) in [6.07, 6.45) is 12.4. The first kappa shape index (κ1) is 16.2. The molecule has 23 heavy (non-hydrogen) atoms. The van der Waals surface area contributed by atoms with Gasteiger partial charge >= 0.3 is 0 Å². The van der Waals surface area contributed by atoms with Gasteiger partial charge in [0, 0.05) is 19.0 Å². The average molecular weight is 318 g/mol. The first-order valence-corrected chi connectivity index (χ1v) is 8.96. The van der Waals surface area contributed by atoms with Crippen LogP contribution in [0.15, 0.2) is 12.2 Å². The number of likely N-dealkylation sites (tertiary alicyclic amines) is 1. The quantitative estimate of drug-likeness (QED) is 0.491. The average Bonchev–Trinajstić information content (AvgIpc) is 2.74. The number of allylic oxidation sites excluding steroid dienone is 2. The topological polar surface area (TPSA) is 66.5 Å². The zero-order valence-electron chi connectivity index (χ0n) is 13.6. The molecule has 126 valence electrons. The summed E-state index contributed by atoms with van der Waals surface area (Å²) in [7, 11) is 0. The molecule has 0 aromatic carbocycles. The Kier molecular flexibility index (Phi) is 5.13. The van der Waals surface area contributed by atoms with E-state index in [2.05, 4.69) is 5.32 Å². The second-order valence-corrected chi connectivity index (χ2v) is 6.99. The summed E-state index contributed by atoms with van der Waals surface area (Å²) in [4.78, 5) is 38.1. The molecule has 0 aromatic heterocycles. The van der Waals surface area contributed by atoms with Crippen LogP contribution in [0.2, 0.25) is 0 Å². The highest BCUT2D eigenvalue weighted by atomic mass is 16.2. The molecule has 0 bridgehead atoms. The molecule has 1 saturated carbocycles. The third-order valence-electron chi connectivity index (χ3n) is 5.38. The third-order valence-corrected chi connectivity index (χ3v) is 5.38. The second-order valence-electron chi connectivity index (χ2n) is 6.99. The van der Waals surface area contributed by atoms with Gasteiger partial charge in [0.25, 0.3) is 0 Å². The van der Waals surface area contributed by atoms with E-state index in [1.54, 1.807) is 0 Å². The minimum atomic E-state index is -0.197. The van der Waals surface area contributed by atoms with Gasteiger partial charge in [-0.05, 0) is 25.7 Å². The number of hydrogen-bond acceptors (Lipinski definition) is 3. The fraction of sp³-hybridized carbons (Fsp3) is 0.722. The Balaban J connectivity index is 1.49. The van der Waals surface area contributed by atoms with Crippen molar-refractivity contribution in [2.75, 3.05) is 6.54 Å². The van der Waals surface area contributed by atoms with E-state index < -0.39 is 0 Å². The van der Waals surface area contributed by atoms with Gasteiger partial charge in [0.2, 0.25) is 17.7 Å². The number of carbonyl (C=O) groups is 3. The number of rotatable bonds is 4. The zero-order valence-corrected chi connectivity index (χ0v) is 13.6. The van der Waals surface area contributed by atoms with Gasteiger partial charge in [-0.25, -0.2) is 0 Å². The van der Waals surface area contributed by atoms with Gasteiger partial charge < -0.3 is 5.32 Å². The number of nitrogens with zero attached hydrogens (tertiary/aromatic N) is 1. The molecule has 1 N–H and O–H groups in total. The number of imide groups is 1. The SMILES string of the molecule is O=C(CCN1C(=O)[C@H]2CC=CC[C@@H]2C1=O)NC1CCCCCC1. The van der Waals surface area contributed by atoms with Crippen molar-refractivity contribution in [1.29, 1.82) is 0 Å². The fourth-order valence-corrected chi connectivity index (χ4v) is 4.03. The molecule has 0 unspecified atom stereocenters. The summed E-state index contributed by atoms with van der Waals surface area (Å²) in [6, 6.07) is 0.266. The predicted molar refractivity (Wildman–Crippen MR) is 86.3 cm³/mol. The van der Waals surface area contributed by atoms with Crippen LogP contribution in [0.5, 0.6) is 0 Å². The van der Waals surface area contributed by atoms with Gasteiger partial charge in [-0.1, -0.05) is 37.8 Å². The van der Waals surface area contributed by atoms with Gasteiger partial charge in [-0.3, -0.25) is 19.3 Å². The predicted octanol–water partition coefficient (Wildman–Crippen LogP) is 2.17. The molecule has 0 aromatic rings. The van der Waals surface area contributed by atoms with Gasteiger partial charge in [-0.2, -0.15) is 0 Å². The maximum atomic E-state index is 12.3. The van der Waals surface area contributed by atoms with Crippen molar-refractivity contribution in [2.45, 2.75) is 63.8 Å². The van der Waals surface area contributed by atoms with Crippen molar-refractivity contribution < 1.29 is 14.4 Å². The number of hydrogen-bond donors (Lipinski definition) is 1. The van der Waals surface area contributed by atoms with Crippen LogP contribution in [0.3, 0.4) is 0 Å². The Morgan fingerprint density at radius 2 is 1.57 bits per heavy atom. The van der Waals surface area contributed by atoms with Crippen LogP contribution in [0.4, 0.5) is 0 Å². The van der Waals surface area contributed by atoms with Crippen molar-refractivity contribution in [3.8, 4) is 0 Å². The summed E-state index contributed by atoms with van der Waals surface area (Å²) in [5.74, 6) is -0.612. The van der Waals surface area contributed by atoms with Crippen molar-refractivity contribution in [1.82, 2.24) is 10.2 Å². The Morgan fingerprint density at radius 3 is 2.13 bits per heavy atom. The van der Waals surface area contributed by atoms with E-state index in [1.807, 2.05) is 12.2 Å². The maximum absolute atomic E-state index is 12.3.